The van der Waals surface area contributed by atoms with Gasteiger partial charge in [-0.15, -0.1) is 5.10 Å². The van der Waals surface area contributed by atoms with Gasteiger partial charge in [-0.1, -0.05) is 40.5 Å². The van der Waals surface area contributed by atoms with Crippen molar-refractivity contribution >= 4 is 62.8 Å². The van der Waals surface area contributed by atoms with Crippen LogP contribution in [0, 0.1) is 17.1 Å². The van der Waals surface area contributed by atoms with E-state index in [-0.39, 0.29) is 28.1 Å². The third-order valence-electron chi connectivity index (χ3n) is 9.99. The van der Waals surface area contributed by atoms with Crippen molar-refractivity contribution in [1.82, 2.24) is 24.9 Å². The van der Waals surface area contributed by atoms with Crippen LogP contribution in [0.3, 0.4) is 0 Å². The monoisotopic (exact) mass is 739 g/mol. The van der Waals surface area contributed by atoms with Gasteiger partial charge in [0.1, 0.15) is 17.6 Å². The lowest BCUT2D eigenvalue weighted by molar-refractivity contribution is -0.119. The number of carbonyl (C=O) groups is 1. The van der Waals surface area contributed by atoms with Gasteiger partial charge in [-0.2, -0.15) is 5.26 Å². The maximum Gasteiger partial charge on any atom is 0.226 e. The highest BCUT2D eigenvalue weighted by molar-refractivity contribution is 6.36. The van der Waals surface area contributed by atoms with Gasteiger partial charge in [0.15, 0.2) is 0 Å². The quantitative estimate of drug-likeness (QED) is 0.162. The molecule has 0 bridgehead atoms. The fourth-order valence-corrected chi connectivity index (χ4v) is 7.58. The number of halogens is 3. The number of hydrogen-bond donors (Lipinski definition) is 2. The first-order valence-electron chi connectivity index (χ1n) is 17.6. The van der Waals surface area contributed by atoms with E-state index in [0.29, 0.717) is 51.6 Å². The van der Waals surface area contributed by atoms with Crippen LogP contribution < -0.4 is 15.5 Å². The minimum atomic E-state index is -0.547. The summed E-state index contributed by atoms with van der Waals surface area (Å²) in [5.41, 5.74) is 4.90. The maximum atomic E-state index is 14.0. The summed E-state index contributed by atoms with van der Waals surface area (Å²) in [6, 6.07) is 17.8. The summed E-state index contributed by atoms with van der Waals surface area (Å²) in [7, 11) is 0. The second kappa shape index (κ2) is 14.7. The first-order valence-corrected chi connectivity index (χ1v) is 18.3. The molecule has 0 unspecified atom stereocenters. The number of nitriles is 1. The van der Waals surface area contributed by atoms with Gasteiger partial charge in [0.2, 0.25) is 5.91 Å². The number of fused-ring (bicyclic) bond motifs is 1. The molecule has 4 heterocycles. The Hall–Kier alpha value is -4.76. The molecule has 1 atom stereocenters. The van der Waals surface area contributed by atoms with Crippen molar-refractivity contribution in [2.75, 3.05) is 35.2 Å². The van der Waals surface area contributed by atoms with Crippen LogP contribution >= 0.6 is 23.2 Å². The number of benzene rings is 3. The predicted octanol–water partition coefficient (Wildman–Crippen LogP) is 9.04. The second-order valence-corrected chi connectivity index (χ2v) is 15.3. The molecule has 1 amide bonds. The number of hydrogen-bond acceptors (Lipinski definition) is 8. The Labute approximate surface area is 312 Å². The standard InChI is InChI=1S/C39H40Cl2FN9O/c1-39(2,3)49-15-12-28(13-16-49)51-23-34(47-48-51)37(24-7-6-8-29(17-24)50-14-5-4-9-35(50)52)46-27-18-30-36(45-26-10-11-33(42)31(40)19-26)25(21-43)22-44-38(30)32(41)20-27/h6-8,10-11,17-20,22-23,28,37,46H,4-5,9,12-16H2,1-3H3,(H,44,45)/t37-/m0/s1. The third kappa shape index (κ3) is 7.42. The summed E-state index contributed by atoms with van der Waals surface area (Å²) in [4.78, 5) is 21.8. The Bertz CT molecular complexity index is 2170. The summed E-state index contributed by atoms with van der Waals surface area (Å²) in [6.45, 7) is 9.37. The first kappa shape index (κ1) is 35.6. The van der Waals surface area contributed by atoms with Crippen molar-refractivity contribution < 1.29 is 9.18 Å². The van der Waals surface area contributed by atoms with Gasteiger partial charge in [-0.05, 0) is 94.5 Å². The number of nitrogens with one attached hydrogen (secondary N) is 2. The number of carbonyl (C=O) groups excluding carboxylic acids is 1. The van der Waals surface area contributed by atoms with Crippen LogP contribution in [0.4, 0.5) is 27.1 Å². The topological polar surface area (TPSA) is 115 Å². The smallest absolute Gasteiger partial charge is 0.226 e. The molecule has 2 N–H and O–H groups in total. The Morgan fingerprint density at radius 2 is 1.79 bits per heavy atom. The molecule has 7 rings (SSSR count). The van der Waals surface area contributed by atoms with Crippen molar-refractivity contribution in [1.29, 1.82) is 5.26 Å². The van der Waals surface area contributed by atoms with E-state index in [2.05, 4.69) is 52.6 Å². The largest absolute Gasteiger partial charge is 0.373 e. The minimum absolute atomic E-state index is 0.0496. The lowest BCUT2D eigenvalue weighted by Gasteiger charge is -2.40. The molecule has 2 saturated heterocycles. The van der Waals surface area contributed by atoms with Gasteiger partial charge in [0.25, 0.3) is 0 Å². The summed E-state index contributed by atoms with van der Waals surface area (Å²) >= 11 is 13.0. The number of rotatable bonds is 8. The number of anilines is 4. The van der Waals surface area contributed by atoms with Crippen LogP contribution in [0.1, 0.15) is 81.8 Å². The van der Waals surface area contributed by atoms with Gasteiger partial charge in [-0.3, -0.25) is 14.7 Å². The zero-order valence-electron chi connectivity index (χ0n) is 29.3. The van der Waals surface area contributed by atoms with Crippen molar-refractivity contribution in [2.45, 2.75) is 70.5 Å². The molecule has 2 aliphatic rings. The molecule has 0 saturated carbocycles. The van der Waals surface area contributed by atoms with E-state index in [1.54, 1.807) is 12.1 Å². The number of likely N-dealkylation sites (tertiary alicyclic amines) is 1. The Kier molecular flexibility index (Phi) is 10.1. The van der Waals surface area contributed by atoms with Crippen molar-refractivity contribution in [3.8, 4) is 6.07 Å². The van der Waals surface area contributed by atoms with E-state index in [1.165, 1.54) is 18.3 Å². The molecule has 10 nitrogen and oxygen atoms in total. The van der Waals surface area contributed by atoms with E-state index in [4.69, 9.17) is 28.3 Å². The molecule has 0 spiro atoms. The van der Waals surface area contributed by atoms with Crippen molar-refractivity contribution in [2.24, 2.45) is 0 Å². The molecule has 268 valence electrons. The number of amides is 1. The average Bonchev–Trinajstić information content (AvgIpc) is 3.62. The molecule has 0 radical (unpaired) electrons. The molecule has 3 aromatic carbocycles. The lowest BCUT2D eigenvalue weighted by atomic mass is 9.98. The van der Waals surface area contributed by atoms with Gasteiger partial charge < -0.3 is 15.5 Å². The molecular formula is C39H40Cl2FN9O. The minimum Gasteiger partial charge on any atom is -0.373 e. The number of nitrogens with zero attached hydrogens (tertiary/aromatic N) is 7. The summed E-state index contributed by atoms with van der Waals surface area (Å²) < 4.78 is 16.0. The van der Waals surface area contributed by atoms with Crippen LogP contribution in [0.25, 0.3) is 10.9 Å². The lowest BCUT2D eigenvalue weighted by Crippen LogP contribution is -2.46. The molecule has 2 aliphatic heterocycles. The highest BCUT2D eigenvalue weighted by Gasteiger charge is 2.30. The summed E-state index contributed by atoms with van der Waals surface area (Å²) in [5, 5.41) is 27.2. The SMILES string of the molecule is CC(C)(C)N1CCC(n2cc([C@@H](Nc3cc(Cl)c4ncc(C#N)c(Nc5ccc(F)c(Cl)c5)c4c3)c3cccc(N4CCCCC4=O)c3)nn2)CC1. The van der Waals surface area contributed by atoms with Gasteiger partial charge in [0.05, 0.1) is 45.1 Å². The van der Waals surface area contributed by atoms with Crippen molar-refractivity contribution in [3.63, 3.8) is 0 Å². The van der Waals surface area contributed by atoms with Gasteiger partial charge in [0, 0.05) is 60.2 Å². The van der Waals surface area contributed by atoms with Crippen molar-refractivity contribution in [3.05, 3.63) is 99.7 Å². The normalized spacial score (nSPS) is 16.6. The fraction of sp³-hybridized carbons (Fsp3) is 0.359. The van der Waals surface area contributed by atoms with E-state index >= 15 is 0 Å². The number of pyridine rings is 1. The second-order valence-electron chi connectivity index (χ2n) is 14.5. The highest BCUT2D eigenvalue weighted by atomic mass is 35.5. The predicted molar refractivity (Wildman–Crippen MR) is 204 cm³/mol. The van der Waals surface area contributed by atoms with E-state index in [0.717, 1.165) is 50.0 Å². The van der Waals surface area contributed by atoms with Crippen LogP contribution in [-0.2, 0) is 4.79 Å². The van der Waals surface area contributed by atoms with Crippen LogP contribution in [0.2, 0.25) is 10.0 Å². The Morgan fingerprint density at radius 1 is 1.00 bits per heavy atom. The van der Waals surface area contributed by atoms with Crippen LogP contribution in [0.5, 0.6) is 0 Å². The molecule has 0 aliphatic carbocycles. The molecular weight excluding hydrogens is 700 g/mol. The zero-order chi connectivity index (χ0) is 36.6. The highest BCUT2D eigenvalue weighted by Crippen LogP contribution is 2.38. The first-order chi connectivity index (χ1) is 25.0. The summed E-state index contributed by atoms with van der Waals surface area (Å²) in [6.07, 6.45) is 7.78. The third-order valence-corrected chi connectivity index (χ3v) is 10.6. The summed E-state index contributed by atoms with van der Waals surface area (Å²) in [5.74, 6) is -0.432. The number of aromatic nitrogens is 4. The Balaban J connectivity index is 1.27. The average molecular weight is 741 g/mol. The van der Waals surface area contributed by atoms with Crippen LogP contribution in [-0.4, -0.2) is 56.0 Å². The molecule has 2 fully saturated rings. The molecule has 2 aromatic heterocycles. The zero-order valence-corrected chi connectivity index (χ0v) is 30.8. The van der Waals surface area contributed by atoms with Gasteiger partial charge >= 0.3 is 0 Å². The maximum absolute atomic E-state index is 14.0. The van der Waals surface area contributed by atoms with Gasteiger partial charge in [-0.25, -0.2) is 9.07 Å². The van der Waals surface area contributed by atoms with Crippen LogP contribution in [0.15, 0.2) is 67.0 Å². The van der Waals surface area contributed by atoms with E-state index in [9.17, 15) is 14.4 Å². The van der Waals surface area contributed by atoms with E-state index in [1.807, 2.05) is 46.1 Å². The molecule has 13 heteroatoms. The Morgan fingerprint density at radius 3 is 2.52 bits per heavy atom. The van der Waals surface area contributed by atoms with E-state index < -0.39 is 11.9 Å². The fourth-order valence-electron chi connectivity index (χ4n) is 7.13. The number of piperidine rings is 2. The molecule has 52 heavy (non-hydrogen) atoms. The molecule has 5 aromatic rings.